The van der Waals surface area contributed by atoms with Gasteiger partial charge in [-0.25, -0.2) is 0 Å². The Morgan fingerprint density at radius 2 is 1.92 bits per heavy atom. The van der Waals surface area contributed by atoms with Crippen LogP contribution in [0, 0.1) is 5.92 Å². The number of piperidine rings is 1. The first-order valence-corrected chi connectivity index (χ1v) is 9.35. The number of rotatable bonds is 4. The van der Waals surface area contributed by atoms with Crippen LogP contribution in [0.1, 0.15) is 38.3 Å². The lowest BCUT2D eigenvalue weighted by molar-refractivity contribution is 0.438. The minimum Gasteiger partial charge on any atom is -0.372 e. The molecule has 25 heavy (non-hydrogen) atoms. The van der Waals surface area contributed by atoms with Gasteiger partial charge in [0.15, 0.2) is 5.11 Å². The van der Waals surface area contributed by atoms with Crippen molar-refractivity contribution in [2.75, 3.05) is 23.3 Å². The first-order valence-electron chi connectivity index (χ1n) is 8.94. The molecule has 0 spiro atoms. The highest BCUT2D eigenvalue weighted by atomic mass is 32.1. The maximum absolute atomic E-state index is 5.39. The second-order valence-electron chi connectivity index (χ2n) is 6.82. The van der Waals surface area contributed by atoms with Crippen molar-refractivity contribution in [1.29, 1.82) is 0 Å². The molecule has 3 rings (SSSR count). The Morgan fingerprint density at radius 3 is 2.56 bits per heavy atom. The summed E-state index contributed by atoms with van der Waals surface area (Å²) in [7, 11) is 0. The molecule has 1 aromatic heterocycles. The van der Waals surface area contributed by atoms with Gasteiger partial charge in [-0.1, -0.05) is 19.1 Å². The average Bonchev–Trinajstić information content (AvgIpc) is 2.63. The van der Waals surface area contributed by atoms with E-state index >= 15 is 0 Å². The molecule has 1 saturated heterocycles. The summed E-state index contributed by atoms with van der Waals surface area (Å²) < 4.78 is 0. The Balaban J connectivity index is 1.55. The van der Waals surface area contributed by atoms with Gasteiger partial charge in [0, 0.05) is 25.0 Å². The van der Waals surface area contributed by atoms with E-state index in [1.165, 1.54) is 24.1 Å². The molecular weight excluding hydrogens is 328 g/mol. The van der Waals surface area contributed by atoms with E-state index in [0.29, 0.717) is 5.11 Å². The van der Waals surface area contributed by atoms with Crippen LogP contribution in [0.25, 0.3) is 0 Å². The van der Waals surface area contributed by atoms with E-state index in [1.54, 1.807) is 12.4 Å². The molecule has 1 atom stereocenters. The topological polar surface area (TPSA) is 40.2 Å². The lowest BCUT2D eigenvalue weighted by Crippen LogP contribution is -2.33. The van der Waals surface area contributed by atoms with Crippen LogP contribution >= 0.6 is 12.2 Å². The zero-order valence-corrected chi connectivity index (χ0v) is 15.7. The van der Waals surface area contributed by atoms with Crippen LogP contribution in [0.3, 0.4) is 0 Å². The smallest absolute Gasteiger partial charge is 0.171 e. The summed E-state index contributed by atoms with van der Waals surface area (Å²) in [5.41, 5.74) is 3.44. The molecule has 2 heterocycles. The van der Waals surface area contributed by atoms with Crippen LogP contribution in [0.5, 0.6) is 0 Å². The van der Waals surface area contributed by atoms with Gasteiger partial charge in [-0.2, -0.15) is 0 Å². The second kappa shape index (κ2) is 8.30. The van der Waals surface area contributed by atoms with Crippen LogP contribution in [0.4, 0.5) is 11.4 Å². The van der Waals surface area contributed by atoms with E-state index in [4.69, 9.17) is 12.2 Å². The summed E-state index contributed by atoms with van der Waals surface area (Å²) >= 11 is 5.39. The molecule has 2 aromatic rings. The van der Waals surface area contributed by atoms with Crippen molar-refractivity contribution in [3.63, 3.8) is 0 Å². The van der Waals surface area contributed by atoms with Crippen molar-refractivity contribution < 1.29 is 0 Å². The number of anilines is 2. The maximum atomic E-state index is 5.39. The summed E-state index contributed by atoms with van der Waals surface area (Å²) in [6.07, 6.45) is 6.07. The first kappa shape index (κ1) is 17.7. The van der Waals surface area contributed by atoms with Gasteiger partial charge in [0.2, 0.25) is 0 Å². The minimum absolute atomic E-state index is 0.145. The molecule has 1 aromatic carbocycles. The Hall–Kier alpha value is -2.14. The summed E-state index contributed by atoms with van der Waals surface area (Å²) in [4.78, 5) is 6.56. The number of hydrogen-bond donors (Lipinski definition) is 2. The molecule has 0 radical (unpaired) electrons. The van der Waals surface area contributed by atoms with E-state index in [0.717, 1.165) is 24.7 Å². The van der Waals surface area contributed by atoms with Gasteiger partial charge in [-0.3, -0.25) is 4.98 Å². The second-order valence-corrected chi connectivity index (χ2v) is 7.23. The number of hydrogen-bond acceptors (Lipinski definition) is 3. The van der Waals surface area contributed by atoms with Crippen molar-refractivity contribution in [3.05, 3.63) is 54.4 Å². The van der Waals surface area contributed by atoms with E-state index in [-0.39, 0.29) is 6.04 Å². The normalized spacial score (nSPS) is 16.3. The number of pyridine rings is 1. The van der Waals surface area contributed by atoms with Gasteiger partial charge >= 0.3 is 0 Å². The van der Waals surface area contributed by atoms with E-state index in [9.17, 15) is 0 Å². The molecule has 4 nitrogen and oxygen atoms in total. The summed E-state index contributed by atoms with van der Waals surface area (Å²) in [5.74, 6) is 0.855. The van der Waals surface area contributed by atoms with Crippen molar-refractivity contribution in [3.8, 4) is 0 Å². The van der Waals surface area contributed by atoms with Crippen LogP contribution in [-0.2, 0) is 0 Å². The van der Waals surface area contributed by atoms with Crippen molar-refractivity contribution in [2.24, 2.45) is 5.92 Å². The molecule has 132 valence electrons. The minimum atomic E-state index is 0.145. The average molecular weight is 355 g/mol. The Labute approximate surface area is 155 Å². The van der Waals surface area contributed by atoms with Gasteiger partial charge in [0.25, 0.3) is 0 Å². The molecule has 2 N–H and O–H groups in total. The van der Waals surface area contributed by atoms with Crippen molar-refractivity contribution in [2.45, 2.75) is 32.7 Å². The zero-order chi connectivity index (χ0) is 17.6. The largest absolute Gasteiger partial charge is 0.372 e. The van der Waals surface area contributed by atoms with E-state index in [2.05, 4.69) is 58.6 Å². The number of nitrogens with one attached hydrogen (secondary N) is 2. The zero-order valence-electron chi connectivity index (χ0n) is 14.9. The molecule has 1 aliphatic heterocycles. The third-order valence-corrected chi connectivity index (χ3v) is 5.03. The van der Waals surface area contributed by atoms with Gasteiger partial charge in [-0.15, -0.1) is 0 Å². The Kier molecular flexibility index (Phi) is 5.87. The highest BCUT2D eigenvalue weighted by Gasteiger charge is 2.16. The monoisotopic (exact) mass is 354 g/mol. The molecule has 0 bridgehead atoms. The Morgan fingerprint density at radius 1 is 1.20 bits per heavy atom. The third-order valence-electron chi connectivity index (χ3n) is 4.81. The predicted molar refractivity (Wildman–Crippen MR) is 109 cm³/mol. The lowest BCUT2D eigenvalue weighted by atomic mass is 9.98. The number of nitrogens with zero attached hydrogens (tertiary/aromatic N) is 2. The van der Waals surface area contributed by atoms with Gasteiger partial charge < -0.3 is 15.5 Å². The molecule has 5 heteroatoms. The van der Waals surface area contributed by atoms with Gasteiger partial charge in [-0.05, 0) is 67.7 Å². The molecule has 0 amide bonds. The first-order chi connectivity index (χ1) is 12.1. The standard InChI is InChI=1S/C20H26N4S/c1-15-9-12-24(13-10-15)19-7-5-17(6-8-19)16(2)22-20(25)23-18-4-3-11-21-14-18/h3-8,11,14-16H,9-10,12-13H2,1-2H3,(H2,22,23,25)/t16-/m0/s1. The summed E-state index contributed by atoms with van der Waals surface area (Å²) in [6.45, 7) is 6.78. The van der Waals surface area contributed by atoms with Crippen molar-refractivity contribution in [1.82, 2.24) is 10.3 Å². The van der Waals surface area contributed by atoms with Crippen LogP contribution in [0.2, 0.25) is 0 Å². The molecule has 0 saturated carbocycles. The maximum Gasteiger partial charge on any atom is 0.171 e. The summed E-state index contributed by atoms with van der Waals surface area (Å²) in [6, 6.07) is 12.8. The van der Waals surface area contributed by atoms with Crippen LogP contribution in [-0.4, -0.2) is 23.2 Å². The van der Waals surface area contributed by atoms with E-state index in [1.807, 2.05) is 12.1 Å². The number of aromatic nitrogens is 1. The van der Waals surface area contributed by atoms with Gasteiger partial charge in [0.05, 0.1) is 17.9 Å². The van der Waals surface area contributed by atoms with Crippen LogP contribution in [0.15, 0.2) is 48.8 Å². The fourth-order valence-electron chi connectivity index (χ4n) is 3.12. The van der Waals surface area contributed by atoms with Crippen LogP contribution < -0.4 is 15.5 Å². The van der Waals surface area contributed by atoms with E-state index < -0.39 is 0 Å². The Bertz CT molecular complexity index is 679. The number of benzene rings is 1. The van der Waals surface area contributed by atoms with Crippen molar-refractivity contribution >= 4 is 28.7 Å². The molecule has 0 unspecified atom stereocenters. The highest BCUT2D eigenvalue weighted by Crippen LogP contribution is 2.24. The predicted octanol–water partition coefficient (Wildman–Crippen LogP) is 4.37. The molecule has 1 fully saturated rings. The molecule has 1 aliphatic rings. The summed E-state index contributed by atoms with van der Waals surface area (Å²) in [5, 5.41) is 7.09. The third kappa shape index (κ3) is 4.92. The quantitative estimate of drug-likeness (QED) is 0.798. The van der Waals surface area contributed by atoms with Gasteiger partial charge in [0.1, 0.15) is 0 Å². The highest BCUT2D eigenvalue weighted by molar-refractivity contribution is 7.80. The fraction of sp³-hybridized carbons (Fsp3) is 0.400. The SMILES string of the molecule is CC1CCN(c2ccc([C@H](C)NC(=S)Nc3cccnc3)cc2)CC1. The number of thiocarbonyl (C=S) groups is 1. The fourth-order valence-corrected chi connectivity index (χ4v) is 3.42. The lowest BCUT2D eigenvalue weighted by Gasteiger charge is -2.32. The molecule has 0 aliphatic carbocycles. The molecular formula is C20H26N4S.